The second-order valence-electron chi connectivity index (χ2n) is 11.1. The number of rotatable bonds is 5. The number of ketones is 3. The molecule has 1 saturated heterocycles. The Morgan fingerprint density at radius 1 is 1.21 bits per heavy atom. The van der Waals surface area contributed by atoms with Crippen LogP contribution in [0.1, 0.15) is 74.7 Å². The summed E-state index contributed by atoms with van der Waals surface area (Å²) in [6, 6.07) is 0. The van der Waals surface area contributed by atoms with Crippen LogP contribution >= 0.6 is 0 Å². The standard InChI is InChI=1S/C25H38O8/c1-13(2)9-10-24-11-15(26)23(7,8)33-16(22(5,6)31)12-25(32,21(24)30)20(29)17(19(24)28)18(27)14(3)4/h9,14-16,26,28,31-32H,10-12H2,1-8H3/t15-,16+,24-,25+/m0/s1. The molecule has 4 N–H and O–H groups in total. The lowest BCUT2D eigenvalue weighted by molar-refractivity contribution is -0.198. The molecule has 1 heterocycles. The molecule has 1 aliphatic carbocycles. The lowest BCUT2D eigenvalue weighted by Crippen LogP contribution is -2.62. The maximum Gasteiger partial charge on any atom is 0.209 e. The summed E-state index contributed by atoms with van der Waals surface area (Å²) < 4.78 is 5.99. The highest BCUT2D eigenvalue weighted by molar-refractivity contribution is 6.33. The van der Waals surface area contributed by atoms with Gasteiger partial charge in [0.05, 0.1) is 28.8 Å². The highest BCUT2D eigenvalue weighted by atomic mass is 16.5. The van der Waals surface area contributed by atoms with E-state index < -0.39 is 81.9 Å². The second kappa shape index (κ2) is 8.73. The summed E-state index contributed by atoms with van der Waals surface area (Å²) in [5, 5.41) is 44.8. The zero-order chi connectivity index (χ0) is 25.7. The van der Waals surface area contributed by atoms with E-state index >= 15 is 0 Å². The van der Waals surface area contributed by atoms with Crippen molar-refractivity contribution in [3.8, 4) is 0 Å². The maximum absolute atomic E-state index is 13.9. The minimum atomic E-state index is -2.73. The molecule has 1 fully saturated rings. The smallest absolute Gasteiger partial charge is 0.209 e. The van der Waals surface area contributed by atoms with Gasteiger partial charge in [-0.25, -0.2) is 0 Å². The second-order valence-corrected chi connectivity index (χ2v) is 11.1. The molecular formula is C25H38O8. The van der Waals surface area contributed by atoms with Crippen molar-refractivity contribution in [2.45, 2.75) is 104 Å². The zero-order valence-electron chi connectivity index (χ0n) is 20.9. The van der Waals surface area contributed by atoms with E-state index in [2.05, 4.69) is 0 Å². The van der Waals surface area contributed by atoms with Gasteiger partial charge in [0.2, 0.25) is 5.78 Å². The van der Waals surface area contributed by atoms with Crippen molar-refractivity contribution >= 4 is 17.3 Å². The average molecular weight is 467 g/mol. The number of aliphatic hydroxyl groups is 4. The Morgan fingerprint density at radius 2 is 1.76 bits per heavy atom. The third-order valence-corrected chi connectivity index (χ3v) is 6.79. The number of hydrogen-bond acceptors (Lipinski definition) is 8. The molecule has 2 bridgehead atoms. The van der Waals surface area contributed by atoms with E-state index in [9.17, 15) is 34.8 Å². The van der Waals surface area contributed by atoms with Crippen LogP contribution in [0, 0.1) is 11.3 Å². The Hall–Kier alpha value is -1.87. The summed E-state index contributed by atoms with van der Waals surface area (Å²) in [6.45, 7) is 12.6. The van der Waals surface area contributed by atoms with Crippen LogP contribution in [0.25, 0.3) is 0 Å². The number of allylic oxidation sites excluding steroid dienone is 3. The third-order valence-electron chi connectivity index (χ3n) is 6.79. The number of carbonyl (C=O) groups excluding carboxylic acids is 3. The number of aliphatic hydroxyl groups excluding tert-OH is 2. The summed E-state index contributed by atoms with van der Waals surface area (Å²) in [6.07, 6.45) is -2.08. The molecule has 8 heteroatoms. The van der Waals surface area contributed by atoms with Crippen LogP contribution in [0.4, 0.5) is 0 Å². The fourth-order valence-corrected chi connectivity index (χ4v) is 4.43. The predicted octanol–water partition coefficient (Wildman–Crippen LogP) is 2.34. The molecule has 8 nitrogen and oxygen atoms in total. The van der Waals surface area contributed by atoms with Crippen molar-refractivity contribution in [2.24, 2.45) is 11.3 Å². The van der Waals surface area contributed by atoms with Gasteiger partial charge in [-0.2, -0.15) is 0 Å². The van der Waals surface area contributed by atoms with Gasteiger partial charge < -0.3 is 25.2 Å². The summed E-state index contributed by atoms with van der Waals surface area (Å²) >= 11 is 0. The summed E-state index contributed by atoms with van der Waals surface area (Å²) in [7, 11) is 0. The quantitative estimate of drug-likeness (QED) is 0.275. The van der Waals surface area contributed by atoms with Gasteiger partial charge in [-0.1, -0.05) is 25.5 Å². The first-order valence-electron chi connectivity index (χ1n) is 11.3. The topological polar surface area (TPSA) is 141 Å². The van der Waals surface area contributed by atoms with Crippen LogP contribution < -0.4 is 0 Å². The van der Waals surface area contributed by atoms with Gasteiger partial charge in [0.1, 0.15) is 11.3 Å². The molecule has 0 unspecified atom stereocenters. The van der Waals surface area contributed by atoms with Crippen molar-refractivity contribution in [1.29, 1.82) is 0 Å². The van der Waals surface area contributed by atoms with E-state index in [0.29, 0.717) is 0 Å². The highest BCUT2D eigenvalue weighted by Crippen LogP contribution is 2.51. The molecule has 4 atom stereocenters. The fourth-order valence-electron chi connectivity index (χ4n) is 4.43. The molecule has 0 amide bonds. The molecular weight excluding hydrogens is 428 g/mol. The Morgan fingerprint density at radius 3 is 2.21 bits per heavy atom. The molecule has 186 valence electrons. The van der Waals surface area contributed by atoms with Gasteiger partial charge in [-0.15, -0.1) is 0 Å². The summed E-state index contributed by atoms with van der Waals surface area (Å²) in [4.78, 5) is 40.4. The van der Waals surface area contributed by atoms with Crippen molar-refractivity contribution in [2.75, 3.05) is 0 Å². The Labute approximate surface area is 195 Å². The highest BCUT2D eigenvalue weighted by Gasteiger charge is 2.65. The molecule has 0 aromatic rings. The molecule has 0 radical (unpaired) electrons. The van der Waals surface area contributed by atoms with Crippen LogP contribution in [-0.2, 0) is 19.1 Å². The first-order valence-corrected chi connectivity index (χ1v) is 11.3. The van der Waals surface area contributed by atoms with Crippen molar-refractivity contribution < 1.29 is 39.5 Å². The molecule has 2 aliphatic rings. The zero-order valence-corrected chi connectivity index (χ0v) is 20.9. The van der Waals surface area contributed by atoms with E-state index in [-0.39, 0.29) is 6.42 Å². The van der Waals surface area contributed by atoms with Gasteiger partial charge in [0, 0.05) is 12.3 Å². The SMILES string of the molecule is CC(C)=CC[C@]12C[C@H](O)C(C)(C)O[C@@H](C(C)(C)O)C[C@@](O)(C(=O)C(C(=O)C(C)C)=C1O)C2=O. The number of Topliss-reactive ketones (excluding diaryl/α,β-unsaturated/α-hetero) is 3. The van der Waals surface area contributed by atoms with Crippen LogP contribution in [0.5, 0.6) is 0 Å². The first-order chi connectivity index (χ1) is 14.8. The van der Waals surface area contributed by atoms with E-state index in [4.69, 9.17) is 4.74 Å². The van der Waals surface area contributed by atoms with E-state index in [1.165, 1.54) is 13.8 Å². The Bertz CT molecular complexity index is 900. The van der Waals surface area contributed by atoms with Gasteiger partial charge in [0.15, 0.2) is 17.2 Å². The van der Waals surface area contributed by atoms with E-state index in [1.54, 1.807) is 47.6 Å². The summed E-state index contributed by atoms with van der Waals surface area (Å²) in [5.41, 5.74) is -7.40. The minimum Gasteiger partial charge on any atom is -0.510 e. The molecule has 33 heavy (non-hydrogen) atoms. The monoisotopic (exact) mass is 466 g/mol. The molecule has 0 aromatic carbocycles. The normalized spacial score (nSPS) is 32.8. The molecule has 0 spiro atoms. The van der Waals surface area contributed by atoms with Crippen molar-refractivity contribution in [3.63, 3.8) is 0 Å². The average Bonchev–Trinajstić information content (AvgIpc) is 2.68. The Balaban J connectivity index is 2.97. The maximum atomic E-state index is 13.9. The Kier molecular flexibility index (Phi) is 7.24. The largest absolute Gasteiger partial charge is 0.510 e. The molecule has 2 rings (SSSR count). The third kappa shape index (κ3) is 4.71. The predicted molar refractivity (Wildman–Crippen MR) is 121 cm³/mol. The van der Waals surface area contributed by atoms with Crippen molar-refractivity contribution in [1.82, 2.24) is 0 Å². The van der Waals surface area contributed by atoms with Crippen LogP contribution in [0.3, 0.4) is 0 Å². The molecule has 1 aliphatic heterocycles. The van der Waals surface area contributed by atoms with Crippen LogP contribution in [0.2, 0.25) is 0 Å². The number of ether oxygens (including phenoxy) is 1. The molecule has 0 aromatic heterocycles. The number of fused-ring (bicyclic) bond motifs is 2. The van der Waals surface area contributed by atoms with Gasteiger partial charge in [0.25, 0.3) is 0 Å². The fraction of sp³-hybridized carbons (Fsp3) is 0.720. The molecule has 0 saturated carbocycles. The number of carbonyl (C=O) groups is 3. The van der Waals surface area contributed by atoms with Crippen molar-refractivity contribution in [3.05, 3.63) is 23.0 Å². The van der Waals surface area contributed by atoms with Crippen LogP contribution in [-0.4, -0.2) is 66.8 Å². The van der Waals surface area contributed by atoms with E-state index in [1.807, 2.05) is 0 Å². The summed E-state index contributed by atoms with van der Waals surface area (Å²) in [5.74, 6) is -4.35. The first kappa shape index (κ1) is 27.4. The lowest BCUT2D eigenvalue weighted by atomic mass is 9.59. The number of hydrogen-bond donors (Lipinski definition) is 4. The van der Waals surface area contributed by atoms with Gasteiger partial charge in [-0.05, 0) is 54.4 Å². The van der Waals surface area contributed by atoms with Crippen LogP contribution in [0.15, 0.2) is 23.0 Å². The van der Waals surface area contributed by atoms with E-state index in [0.717, 1.165) is 5.57 Å². The van der Waals surface area contributed by atoms with Gasteiger partial charge >= 0.3 is 0 Å². The van der Waals surface area contributed by atoms with Gasteiger partial charge in [-0.3, -0.25) is 14.4 Å². The minimum absolute atomic E-state index is 0.134. The lowest BCUT2D eigenvalue weighted by Gasteiger charge is -2.44.